The standard InChI is InChI=1S/C16H15ClF3NO2S/c1-3-11-4-7-14(10(2)8-11)21-24(22,23)15-9-12(16(18,19)20)5-6-13(15)17/h4-9,21H,3H2,1-2H3. The summed E-state index contributed by atoms with van der Waals surface area (Å²) in [6, 6.07) is 7.33. The van der Waals surface area contributed by atoms with Gasteiger partial charge in [0.15, 0.2) is 0 Å². The van der Waals surface area contributed by atoms with Gasteiger partial charge in [-0.2, -0.15) is 13.2 Å². The molecule has 0 fully saturated rings. The second-order valence-electron chi connectivity index (χ2n) is 5.25. The fourth-order valence-corrected chi connectivity index (χ4v) is 3.80. The summed E-state index contributed by atoms with van der Waals surface area (Å²) in [5.41, 5.74) is 0.902. The van der Waals surface area contributed by atoms with Gasteiger partial charge in [-0.25, -0.2) is 8.42 Å². The number of alkyl halides is 3. The number of benzene rings is 2. The third-order valence-corrected chi connectivity index (χ3v) is 5.34. The van der Waals surface area contributed by atoms with E-state index in [9.17, 15) is 21.6 Å². The Morgan fingerprint density at radius 2 is 1.79 bits per heavy atom. The highest BCUT2D eigenvalue weighted by Crippen LogP contribution is 2.34. The first-order valence-electron chi connectivity index (χ1n) is 7.03. The molecule has 0 amide bonds. The SMILES string of the molecule is CCc1ccc(NS(=O)(=O)c2cc(C(F)(F)F)ccc2Cl)c(C)c1. The van der Waals surface area contributed by atoms with Gasteiger partial charge in [0, 0.05) is 0 Å². The second-order valence-corrected chi connectivity index (χ2v) is 7.31. The van der Waals surface area contributed by atoms with Crippen molar-refractivity contribution >= 4 is 27.3 Å². The van der Waals surface area contributed by atoms with Gasteiger partial charge in [-0.3, -0.25) is 4.72 Å². The Bertz CT molecular complexity index is 864. The number of halogens is 4. The van der Waals surface area contributed by atoms with E-state index < -0.39 is 26.7 Å². The van der Waals surface area contributed by atoms with E-state index in [1.54, 1.807) is 19.1 Å². The van der Waals surface area contributed by atoms with E-state index in [1.165, 1.54) is 0 Å². The van der Waals surface area contributed by atoms with Gasteiger partial charge in [0.25, 0.3) is 10.0 Å². The summed E-state index contributed by atoms with van der Waals surface area (Å²) in [5.74, 6) is 0. The summed E-state index contributed by atoms with van der Waals surface area (Å²) >= 11 is 5.80. The average Bonchev–Trinajstić information content (AvgIpc) is 2.48. The van der Waals surface area contributed by atoms with Gasteiger partial charge in [-0.05, 0) is 48.7 Å². The van der Waals surface area contributed by atoms with Crippen molar-refractivity contribution in [1.29, 1.82) is 0 Å². The maximum atomic E-state index is 12.8. The summed E-state index contributed by atoms with van der Waals surface area (Å²) in [6.07, 6.45) is -3.87. The lowest BCUT2D eigenvalue weighted by Gasteiger charge is -2.14. The van der Waals surface area contributed by atoms with Crippen molar-refractivity contribution in [2.24, 2.45) is 0 Å². The fourth-order valence-electron chi connectivity index (χ4n) is 2.15. The summed E-state index contributed by atoms with van der Waals surface area (Å²) in [5, 5.41) is -0.279. The predicted octanol–water partition coefficient (Wildman–Crippen LogP) is 5.03. The van der Waals surface area contributed by atoms with Gasteiger partial charge in [-0.1, -0.05) is 30.7 Å². The summed E-state index contributed by atoms with van der Waals surface area (Å²) < 4.78 is 65.6. The quantitative estimate of drug-likeness (QED) is 0.812. The highest BCUT2D eigenvalue weighted by atomic mass is 35.5. The van der Waals surface area contributed by atoms with E-state index in [2.05, 4.69) is 4.72 Å². The van der Waals surface area contributed by atoms with Gasteiger partial charge in [0.2, 0.25) is 0 Å². The van der Waals surface area contributed by atoms with Crippen LogP contribution in [-0.2, 0) is 22.6 Å². The Morgan fingerprint density at radius 1 is 1.12 bits per heavy atom. The zero-order valence-electron chi connectivity index (χ0n) is 12.9. The van der Waals surface area contributed by atoms with Crippen LogP contribution in [0.25, 0.3) is 0 Å². The number of nitrogens with one attached hydrogen (secondary N) is 1. The number of rotatable bonds is 4. The van der Waals surface area contributed by atoms with Crippen LogP contribution in [0, 0.1) is 6.92 Å². The Morgan fingerprint density at radius 3 is 2.33 bits per heavy atom. The van der Waals surface area contributed by atoms with Crippen LogP contribution >= 0.6 is 11.6 Å². The van der Waals surface area contributed by atoms with Gasteiger partial charge >= 0.3 is 6.18 Å². The van der Waals surface area contributed by atoms with Crippen LogP contribution < -0.4 is 4.72 Å². The summed E-state index contributed by atoms with van der Waals surface area (Å²) in [6.45, 7) is 3.67. The van der Waals surface area contributed by atoms with Crippen LogP contribution in [0.2, 0.25) is 5.02 Å². The molecule has 0 radical (unpaired) electrons. The maximum Gasteiger partial charge on any atom is 0.416 e. The fraction of sp³-hybridized carbons (Fsp3) is 0.250. The zero-order valence-corrected chi connectivity index (χ0v) is 14.5. The molecule has 8 heteroatoms. The molecule has 0 bridgehead atoms. The van der Waals surface area contributed by atoms with Gasteiger partial charge < -0.3 is 0 Å². The minimum Gasteiger partial charge on any atom is -0.279 e. The molecule has 0 saturated carbocycles. The molecule has 130 valence electrons. The van der Waals surface area contributed by atoms with Crippen LogP contribution in [-0.4, -0.2) is 8.42 Å². The first-order chi connectivity index (χ1) is 11.0. The molecule has 1 N–H and O–H groups in total. The Labute approximate surface area is 143 Å². The highest BCUT2D eigenvalue weighted by molar-refractivity contribution is 7.92. The van der Waals surface area contributed by atoms with E-state index in [-0.39, 0.29) is 5.02 Å². The molecular weight excluding hydrogens is 363 g/mol. The van der Waals surface area contributed by atoms with E-state index in [4.69, 9.17) is 11.6 Å². The van der Waals surface area contributed by atoms with Crippen molar-refractivity contribution in [3.63, 3.8) is 0 Å². The van der Waals surface area contributed by atoms with Gasteiger partial charge in [0.05, 0.1) is 16.3 Å². The first-order valence-corrected chi connectivity index (χ1v) is 8.90. The number of sulfonamides is 1. The monoisotopic (exact) mass is 377 g/mol. The Hall–Kier alpha value is -1.73. The minimum absolute atomic E-state index is 0.279. The molecule has 0 aromatic heterocycles. The van der Waals surface area contributed by atoms with Crippen molar-refractivity contribution < 1.29 is 21.6 Å². The van der Waals surface area contributed by atoms with Gasteiger partial charge in [-0.15, -0.1) is 0 Å². The van der Waals surface area contributed by atoms with Crippen molar-refractivity contribution in [3.8, 4) is 0 Å². The molecule has 2 aromatic rings. The van der Waals surface area contributed by atoms with Crippen molar-refractivity contribution in [3.05, 3.63) is 58.1 Å². The number of hydrogen-bond acceptors (Lipinski definition) is 2. The van der Waals surface area contributed by atoms with Gasteiger partial charge in [0.1, 0.15) is 4.90 Å². The molecule has 0 unspecified atom stereocenters. The topological polar surface area (TPSA) is 46.2 Å². The molecule has 24 heavy (non-hydrogen) atoms. The van der Waals surface area contributed by atoms with Crippen LogP contribution in [0.5, 0.6) is 0 Å². The van der Waals surface area contributed by atoms with E-state index >= 15 is 0 Å². The minimum atomic E-state index is -4.66. The Balaban J connectivity index is 2.44. The molecule has 0 aliphatic rings. The molecule has 0 heterocycles. The highest BCUT2D eigenvalue weighted by Gasteiger charge is 2.32. The van der Waals surface area contributed by atoms with Crippen LogP contribution in [0.4, 0.5) is 18.9 Å². The average molecular weight is 378 g/mol. The third kappa shape index (κ3) is 4.02. The Kier molecular flexibility index (Phi) is 5.15. The molecule has 0 atom stereocenters. The summed E-state index contributed by atoms with van der Waals surface area (Å²) in [7, 11) is -4.25. The smallest absolute Gasteiger partial charge is 0.279 e. The first kappa shape index (κ1) is 18.6. The molecule has 3 nitrogen and oxygen atoms in total. The number of aryl methyl sites for hydroxylation is 2. The normalized spacial score (nSPS) is 12.2. The van der Waals surface area contributed by atoms with E-state index in [0.29, 0.717) is 17.3 Å². The lowest BCUT2D eigenvalue weighted by molar-refractivity contribution is -0.137. The van der Waals surface area contributed by atoms with Crippen molar-refractivity contribution in [2.75, 3.05) is 4.72 Å². The van der Waals surface area contributed by atoms with E-state index in [1.807, 2.05) is 13.0 Å². The third-order valence-electron chi connectivity index (χ3n) is 3.49. The van der Waals surface area contributed by atoms with Crippen LogP contribution in [0.3, 0.4) is 0 Å². The second kappa shape index (κ2) is 6.64. The predicted molar refractivity (Wildman–Crippen MR) is 87.8 cm³/mol. The van der Waals surface area contributed by atoms with Crippen molar-refractivity contribution in [2.45, 2.75) is 31.3 Å². The number of anilines is 1. The summed E-state index contributed by atoms with van der Waals surface area (Å²) in [4.78, 5) is -0.613. The van der Waals surface area contributed by atoms with E-state index in [0.717, 1.165) is 24.1 Å². The van der Waals surface area contributed by atoms with Crippen LogP contribution in [0.15, 0.2) is 41.3 Å². The van der Waals surface area contributed by atoms with Crippen molar-refractivity contribution in [1.82, 2.24) is 0 Å². The number of hydrogen-bond donors (Lipinski definition) is 1. The largest absolute Gasteiger partial charge is 0.416 e. The lowest BCUT2D eigenvalue weighted by atomic mass is 10.1. The molecule has 2 rings (SSSR count). The molecule has 0 saturated heterocycles. The lowest BCUT2D eigenvalue weighted by Crippen LogP contribution is -2.16. The molecule has 0 aliphatic heterocycles. The molecule has 2 aromatic carbocycles. The van der Waals surface area contributed by atoms with Crippen LogP contribution in [0.1, 0.15) is 23.6 Å². The molecule has 0 spiro atoms. The molecular formula is C16H15ClF3NO2S. The zero-order chi connectivity index (χ0) is 18.1. The molecule has 0 aliphatic carbocycles. The maximum absolute atomic E-state index is 12.8.